The molecule has 3 N–H and O–H groups in total. The molecular formula is C28H39N7O2. The maximum atomic E-state index is 11.2. The first kappa shape index (κ1) is 30.6. The van der Waals surface area contributed by atoms with Gasteiger partial charge in [-0.05, 0) is 29.7 Å². The highest BCUT2D eigenvalue weighted by Crippen LogP contribution is 2.34. The zero-order chi connectivity index (χ0) is 25.5. The number of rotatable bonds is 3. The molecule has 5 rings (SSSR count). The molecule has 0 radical (unpaired) electrons. The Hall–Kier alpha value is -4.40. The second-order valence-electron chi connectivity index (χ2n) is 7.51. The van der Waals surface area contributed by atoms with Crippen molar-refractivity contribution < 1.29 is 9.53 Å². The molecular weight excluding hydrogens is 466 g/mol. The van der Waals surface area contributed by atoms with Crippen molar-refractivity contribution in [3.63, 3.8) is 0 Å². The van der Waals surface area contributed by atoms with Crippen molar-refractivity contribution >= 4 is 39.3 Å². The van der Waals surface area contributed by atoms with Gasteiger partial charge in [-0.2, -0.15) is 5.10 Å². The number of aromatic nitrogens is 5. The number of carbonyl (C=O) groups is 1. The molecule has 0 fully saturated rings. The van der Waals surface area contributed by atoms with E-state index in [1.807, 2.05) is 19.9 Å². The van der Waals surface area contributed by atoms with Crippen LogP contribution in [-0.2, 0) is 18.9 Å². The largest absolute Gasteiger partial charge is 0.495 e. The van der Waals surface area contributed by atoms with Crippen LogP contribution in [0, 0.1) is 0 Å². The lowest BCUT2D eigenvalue weighted by Crippen LogP contribution is -2.07. The van der Waals surface area contributed by atoms with Gasteiger partial charge >= 0.3 is 0 Å². The van der Waals surface area contributed by atoms with E-state index in [9.17, 15) is 4.79 Å². The Labute approximate surface area is 219 Å². The Morgan fingerprint density at radius 3 is 2.38 bits per heavy atom. The SMILES string of the molecule is C.C.CC.COc1cc(-c2nn(C)c3ncnc(N)c23)ccc1NC(C)=O.Cn1ccc2ccccc21. The molecule has 0 saturated heterocycles. The summed E-state index contributed by atoms with van der Waals surface area (Å²) in [6, 6.07) is 15.9. The van der Waals surface area contributed by atoms with Gasteiger partial charge in [0.2, 0.25) is 5.91 Å². The second kappa shape index (κ2) is 13.6. The highest BCUT2D eigenvalue weighted by atomic mass is 16.5. The molecule has 0 aliphatic heterocycles. The average molecular weight is 506 g/mol. The van der Waals surface area contributed by atoms with E-state index in [-0.39, 0.29) is 20.8 Å². The summed E-state index contributed by atoms with van der Waals surface area (Å²) < 4.78 is 9.12. The third-order valence-corrected chi connectivity index (χ3v) is 5.23. The van der Waals surface area contributed by atoms with E-state index >= 15 is 0 Å². The second-order valence-corrected chi connectivity index (χ2v) is 7.51. The lowest BCUT2D eigenvalue weighted by atomic mass is 10.1. The Balaban J connectivity index is 0.000000411. The minimum absolute atomic E-state index is 0. The quantitative estimate of drug-likeness (QED) is 0.308. The van der Waals surface area contributed by atoms with Crippen LogP contribution in [0.5, 0.6) is 5.75 Å². The van der Waals surface area contributed by atoms with Gasteiger partial charge in [-0.1, -0.05) is 53.0 Å². The number of fused-ring (bicyclic) bond motifs is 2. The van der Waals surface area contributed by atoms with E-state index < -0.39 is 0 Å². The monoisotopic (exact) mass is 505 g/mol. The molecule has 37 heavy (non-hydrogen) atoms. The number of carbonyl (C=O) groups excluding carboxylic acids is 1. The fourth-order valence-corrected chi connectivity index (χ4v) is 3.66. The smallest absolute Gasteiger partial charge is 0.221 e. The van der Waals surface area contributed by atoms with Crippen LogP contribution >= 0.6 is 0 Å². The van der Waals surface area contributed by atoms with Crippen LogP contribution in [0.1, 0.15) is 35.6 Å². The van der Waals surface area contributed by atoms with Crippen molar-refractivity contribution in [2.45, 2.75) is 35.6 Å². The summed E-state index contributed by atoms with van der Waals surface area (Å²) in [7, 11) is 5.39. The summed E-state index contributed by atoms with van der Waals surface area (Å²) >= 11 is 0. The maximum Gasteiger partial charge on any atom is 0.221 e. The van der Waals surface area contributed by atoms with E-state index in [1.54, 1.807) is 31.0 Å². The molecule has 0 aliphatic rings. The van der Waals surface area contributed by atoms with E-state index in [1.165, 1.54) is 24.2 Å². The predicted octanol–water partition coefficient (Wildman–Crippen LogP) is 6.06. The molecule has 0 saturated carbocycles. The van der Waals surface area contributed by atoms with Crippen molar-refractivity contribution in [1.29, 1.82) is 0 Å². The Bertz CT molecular complexity index is 1450. The molecule has 198 valence electrons. The summed E-state index contributed by atoms with van der Waals surface area (Å²) in [5, 5.41) is 9.19. The summed E-state index contributed by atoms with van der Waals surface area (Å²) in [6.07, 6.45) is 3.48. The van der Waals surface area contributed by atoms with Gasteiger partial charge in [-0.25, -0.2) is 14.6 Å². The van der Waals surface area contributed by atoms with Crippen molar-refractivity contribution in [1.82, 2.24) is 24.3 Å². The standard InChI is InChI=1S/C15H16N6O2.C9H9N.C2H6.2CH4/c1-8(22)19-10-5-4-9(6-11(10)23-3)13-12-14(16)17-7-18-15(12)21(2)20-13;1-10-7-6-8-4-2-3-5-9(8)10;1-2;;/h4-7H,1-3H3,(H,19,22)(H2,16,17,18);2-7H,1H3;1-2H3;2*1H4. The van der Waals surface area contributed by atoms with Gasteiger partial charge in [-0.15, -0.1) is 0 Å². The number of amides is 1. The maximum absolute atomic E-state index is 11.2. The van der Waals surface area contributed by atoms with Gasteiger partial charge < -0.3 is 20.4 Å². The highest BCUT2D eigenvalue weighted by molar-refractivity contribution is 5.99. The topological polar surface area (TPSA) is 113 Å². The lowest BCUT2D eigenvalue weighted by Gasteiger charge is -2.10. The van der Waals surface area contributed by atoms with Gasteiger partial charge in [0.1, 0.15) is 23.6 Å². The number of para-hydroxylation sites is 1. The van der Waals surface area contributed by atoms with Gasteiger partial charge in [0.25, 0.3) is 0 Å². The van der Waals surface area contributed by atoms with Crippen LogP contribution in [0.25, 0.3) is 33.2 Å². The molecule has 5 aromatic rings. The Morgan fingerprint density at radius 2 is 1.73 bits per heavy atom. The number of ether oxygens (including phenoxy) is 1. The number of nitrogens with zero attached hydrogens (tertiary/aromatic N) is 5. The van der Waals surface area contributed by atoms with Gasteiger partial charge in [0.05, 0.1) is 18.2 Å². The number of aryl methyl sites for hydroxylation is 2. The van der Waals surface area contributed by atoms with Gasteiger partial charge in [0, 0.05) is 38.3 Å². The van der Waals surface area contributed by atoms with Crippen molar-refractivity contribution in [2.24, 2.45) is 14.1 Å². The zero-order valence-electron chi connectivity index (χ0n) is 20.9. The summed E-state index contributed by atoms with van der Waals surface area (Å²) in [5.74, 6) is 0.729. The minimum Gasteiger partial charge on any atom is -0.495 e. The molecule has 1 amide bonds. The molecule has 9 heteroatoms. The highest BCUT2D eigenvalue weighted by Gasteiger charge is 2.17. The van der Waals surface area contributed by atoms with Crippen LogP contribution < -0.4 is 15.8 Å². The van der Waals surface area contributed by atoms with Gasteiger partial charge in [-0.3, -0.25) is 4.79 Å². The first-order valence-corrected chi connectivity index (χ1v) is 11.3. The average Bonchev–Trinajstić information content (AvgIpc) is 3.42. The van der Waals surface area contributed by atoms with Crippen molar-refractivity contribution in [3.05, 3.63) is 61.1 Å². The fraction of sp³-hybridized carbons (Fsp3) is 0.286. The Morgan fingerprint density at radius 1 is 1.03 bits per heavy atom. The molecule has 0 atom stereocenters. The molecule has 3 heterocycles. The van der Waals surface area contributed by atoms with Crippen LogP contribution in [0.4, 0.5) is 11.5 Å². The lowest BCUT2D eigenvalue weighted by molar-refractivity contribution is -0.114. The molecule has 3 aromatic heterocycles. The van der Waals surface area contributed by atoms with Crippen molar-refractivity contribution in [2.75, 3.05) is 18.2 Å². The van der Waals surface area contributed by atoms with Crippen LogP contribution in [0.3, 0.4) is 0 Å². The summed E-state index contributed by atoms with van der Waals surface area (Å²) in [4.78, 5) is 19.5. The number of methoxy groups -OCH3 is 1. The first-order valence-electron chi connectivity index (χ1n) is 11.3. The number of nitrogens with one attached hydrogen (secondary N) is 1. The molecule has 2 aromatic carbocycles. The normalized spacial score (nSPS) is 9.68. The minimum atomic E-state index is -0.169. The van der Waals surface area contributed by atoms with Gasteiger partial charge in [0.15, 0.2) is 5.65 Å². The van der Waals surface area contributed by atoms with Crippen LogP contribution in [0.15, 0.2) is 61.1 Å². The molecule has 9 nitrogen and oxygen atoms in total. The van der Waals surface area contributed by atoms with E-state index in [0.717, 1.165) is 5.56 Å². The van der Waals surface area contributed by atoms with Crippen LogP contribution in [-0.4, -0.2) is 37.3 Å². The molecule has 0 aliphatic carbocycles. The Kier molecular flexibility index (Phi) is 11.3. The fourth-order valence-electron chi connectivity index (χ4n) is 3.66. The van der Waals surface area contributed by atoms with E-state index in [4.69, 9.17) is 10.5 Å². The summed E-state index contributed by atoms with van der Waals surface area (Å²) in [6.45, 7) is 5.44. The van der Waals surface area contributed by atoms with E-state index in [0.29, 0.717) is 34.0 Å². The number of nitrogens with two attached hydrogens (primary N) is 1. The number of anilines is 2. The number of nitrogen functional groups attached to an aromatic ring is 1. The molecule has 0 spiro atoms. The number of hydrogen-bond donors (Lipinski definition) is 2. The molecule has 0 unspecified atom stereocenters. The van der Waals surface area contributed by atoms with Crippen molar-refractivity contribution in [3.8, 4) is 17.0 Å². The van der Waals surface area contributed by atoms with Crippen LogP contribution in [0.2, 0.25) is 0 Å². The summed E-state index contributed by atoms with van der Waals surface area (Å²) in [5.41, 5.74) is 9.97. The third-order valence-electron chi connectivity index (χ3n) is 5.23. The number of benzene rings is 2. The van der Waals surface area contributed by atoms with E-state index in [2.05, 4.69) is 68.5 Å². The zero-order valence-corrected chi connectivity index (χ0v) is 20.9. The number of hydrogen-bond acceptors (Lipinski definition) is 6. The third kappa shape index (κ3) is 6.63. The predicted molar refractivity (Wildman–Crippen MR) is 155 cm³/mol. The molecule has 0 bridgehead atoms. The first-order chi connectivity index (χ1) is 16.9.